The highest BCUT2D eigenvalue weighted by Gasteiger charge is 2.42. The van der Waals surface area contributed by atoms with E-state index in [-0.39, 0.29) is 18.2 Å². The Morgan fingerprint density at radius 2 is 1.77 bits per heavy atom. The highest BCUT2D eigenvalue weighted by atomic mass is 16.5. The summed E-state index contributed by atoms with van der Waals surface area (Å²) in [6.45, 7) is 4.21. The Hall–Kier alpha value is -3.06. The van der Waals surface area contributed by atoms with E-state index in [1.165, 1.54) is 0 Å². The Bertz CT molecular complexity index is 919. The van der Waals surface area contributed by atoms with Crippen LogP contribution in [-0.2, 0) is 20.7 Å². The van der Waals surface area contributed by atoms with E-state index in [0.29, 0.717) is 24.5 Å². The summed E-state index contributed by atoms with van der Waals surface area (Å²) < 4.78 is 16.5. The van der Waals surface area contributed by atoms with Crippen LogP contribution < -0.4 is 14.8 Å². The highest BCUT2D eigenvalue weighted by Crippen LogP contribution is 2.38. The van der Waals surface area contributed by atoms with Gasteiger partial charge in [0, 0.05) is 6.42 Å². The molecule has 0 aromatic heterocycles. The monoisotopic (exact) mass is 427 g/mol. The van der Waals surface area contributed by atoms with Crippen molar-refractivity contribution >= 4 is 11.9 Å². The fourth-order valence-corrected chi connectivity index (χ4v) is 3.96. The molecule has 3 rings (SSSR count). The third kappa shape index (κ3) is 4.99. The quantitative estimate of drug-likeness (QED) is 0.671. The van der Waals surface area contributed by atoms with E-state index < -0.39 is 17.6 Å². The van der Waals surface area contributed by atoms with Crippen molar-refractivity contribution in [2.24, 2.45) is 5.92 Å². The number of hydrogen-bond acceptors (Lipinski definition) is 5. The van der Waals surface area contributed by atoms with Crippen molar-refractivity contribution in [3.8, 4) is 22.6 Å². The molecule has 1 saturated heterocycles. The Morgan fingerprint density at radius 1 is 1.16 bits per heavy atom. The van der Waals surface area contributed by atoms with Crippen LogP contribution in [0, 0.1) is 5.92 Å². The van der Waals surface area contributed by atoms with Crippen LogP contribution >= 0.6 is 0 Å². The molecule has 1 heterocycles. The largest absolute Gasteiger partial charge is 0.496 e. The van der Waals surface area contributed by atoms with E-state index in [2.05, 4.69) is 5.32 Å². The van der Waals surface area contributed by atoms with E-state index in [4.69, 9.17) is 14.2 Å². The number of methoxy groups -OCH3 is 2. The Balaban J connectivity index is 1.76. The minimum absolute atomic E-state index is 0.163. The standard InChI is InChI=1S/C24H29NO6/c1-15-13-24(2,31-14-15)23(28)25-18(22(26)27)12-16-8-10-17(11-9-16)21-19(29-3)6-5-7-20(21)30-4/h5-11,15,18H,12-14H2,1-4H3,(H,25,28)(H,26,27)/t15?,18-,24?/m0/s1. The number of nitrogens with one attached hydrogen (secondary N) is 1. The Labute approximate surface area is 182 Å². The molecule has 2 unspecified atom stereocenters. The molecule has 2 aromatic rings. The van der Waals surface area contributed by atoms with Crippen molar-refractivity contribution in [2.75, 3.05) is 20.8 Å². The average molecular weight is 427 g/mol. The molecule has 2 N–H and O–H groups in total. The Kier molecular flexibility index (Phi) is 6.85. The molecule has 0 bridgehead atoms. The first kappa shape index (κ1) is 22.6. The molecular formula is C24H29NO6. The number of carbonyl (C=O) groups excluding carboxylic acids is 1. The lowest BCUT2D eigenvalue weighted by Crippen LogP contribution is -2.51. The van der Waals surface area contributed by atoms with Crippen molar-refractivity contribution in [3.63, 3.8) is 0 Å². The number of carboxylic acid groups (broad SMARTS) is 1. The lowest BCUT2D eigenvalue weighted by Gasteiger charge is -2.25. The smallest absolute Gasteiger partial charge is 0.326 e. The number of aliphatic carboxylic acids is 1. The number of carboxylic acids is 1. The maximum Gasteiger partial charge on any atom is 0.326 e. The minimum Gasteiger partial charge on any atom is -0.496 e. The summed E-state index contributed by atoms with van der Waals surface area (Å²) in [5, 5.41) is 12.3. The van der Waals surface area contributed by atoms with Gasteiger partial charge in [-0.2, -0.15) is 0 Å². The summed E-state index contributed by atoms with van der Waals surface area (Å²) in [5.74, 6) is 0.153. The molecule has 1 fully saturated rings. The molecular weight excluding hydrogens is 398 g/mol. The third-order valence-electron chi connectivity index (χ3n) is 5.62. The maximum atomic E-state index is 12.7. The number of carbonyl (C=O) groups is 2. The molecule has 7 nitrogen and oxygen atoms in total. The van der Waals surface area contributed by atoms with Crippen LogP contribution in [0.2, 0.25) is 0 Å². The van der Waals surface area contributed by atoms with Crippen molar-refractivity contribution in [1.82, 2.24) is 5.32 Å². The molecule has 0 spiro atoms. The van der Waals surface area contributed by atoms with Crippen LogP contribution in [0.1, 0.15) is 25.8 Å². The number of amides is 1. The van der Waals surface area contributed by atoms with Crippen LogP contribution in [0.15, 0.2) is 42.5 Å². The van der Waals surface area contributed by atoms with E-state index in [0.717, 1.165) is 16.7 Å². The predicted molar refractivity (Wildman–Crippen MR) is 116 cm³/mol. The summed E-state index contributed by atoms with van der Waals surface area (Å²) in [4.78, 5) is 24.5. The van der Waals surface area contributed by atoms with Crippen LogP contribution in [0.3, 0.4) is 0 Å². The summed E-state index contributed by atoms with van der Waals surface area (Å²) in [7, 11) is 3.20. The molecule has 3 atom stereocenters. The van der Waals surface area contributed by atoms with Gasteiger partial charge in [-0.25, -0.2) is 4.79 Å². The first-order valence-corrected chi connectivity index (χ1v) is 10.3. The molecule has 7 heteroatoms. The summed E-state index contributed by atoms with van der Waals surface area (Å²) in [6, 6.07) is 12.0. The molecule has 1 aliphatic rings. The van der Waals surface area contributed by atoms with Gasteiger partial charge in [-0.15, -0.1) is 0 Å². The average Bonchev–Trinajstić information content (AvgIpc) is 3.12. The summed E-state index contributed by atoms with van der Waals surface area (Å²) >= 11 is 0. The zero-order valence-electron chi connectivity index (χ0n) is 18.3. The van der Waals surface area contributed by atoms with Gasteiger partial charge in [0.05, 0.1) is 26.4 Å². The first-order chi connectivity index (χ1) is 14.8. The van der Waals surface area contributed by atoms with E-state index >= 15 is 0 Å². The van der Waals surface area contributed by atoms with Crippen molar-refractivity contribution < 1.29 is 28.9 Å². The van der Waals surface area contributed by atoms with Crippen LogP contribution in [0.4, 0.5) is 0 Å². The first-order valence-electron chi connectivity index (χ1n) is 10.3. The summed E-state index contributed by atoms with van der Waals surface area (Å²) in [6.07, 6.45) is 0.733. The molecule has 31 heavy (non-hydrogen) atoms. The van der Waals surface area contributed by atoms with Crippen LogP contribution in [0.25, 0.3) is 11.1 Å². The van der Waals surface area contributed by atoms with Crippen LogP contribution in [0.5, 0.6) is 11.5 Å². The fraction of sp³-hybridized carbons (Fsp3) is 0.417. The van der Waals surface area contributed by atoms with Crippen molar-refractivity contribution in [1.29, 1.82) is 0 Å². The Morgan fingerprint density at radius 3 is 2.26 bits per heavy atom. The van der Waals surface area contributed by atoms with Gasteiger partial charge in [0.15, 0.2) is 0 Å². The molecule has 2 aromatic carbocycles. The maximum absolute atomic E-state index is 12.7. The fourth-order valence-electron chi connectivity index (χ4n) is 3.96. The van der Waals surface area contributed by atoms with Crippen LogP contribution in [-0.4, -0.2) is 49.5 Å². The van der Waals surface area contributed by atoms with Gasteiger partial charge in [-0.1, -0.05) is 37.3 Å². The van der Waals surface area contributed by atoms with Crippen molar-refractivity contribution in [3.05, 3.63) is 48.0 Å². The molecule has 1 amide bonds. The van der Waals surface area contributed by atoms with Gasteiger partial charge >= 0.3 is 5.97 Å². The van der Waals surface area contributed by atoms with Gasteiger partial charge in [-0.3, -0.25) is 4.79 Å². The molecule has 0 saturated carbocycles. The molecule has 0 aliphatic carbocycles. The second-order valence-corrected chi connectivity index (χ2v) is 8.15. The number of hydrogen-bond donors (Lipinski definition) is 2. The number of ether oxygens (including phenoxy) is 3. The zero-order chi connectivity index (χ0) is 22.6. The zero-order valence-corrected chi connectivity index (χ0v) is 18.3. The summed E-state index contributed by atoms with van der Waals surface area (Å²) in [5.41, 5.74) is 1.51. The van der Waals surface area contributed by atoms with Crippen molar-refractivity contribution in [2.45, 2.75) is 38.3 Å². The van der Waals surface area contributed by atoms with E-state index in [1.807, 2.05) is 49.4 Å². The van der Waals surface area contributed by atoms with Gasteiger partial charge < -0.3 is 24.6 Å². The molecule has 1 aliphatic heterocycles. The molecule has 166 valence electrons. The minimum atomic E-state index is -1.08. The highest BCUT2D eigenvalue weighted by molar-refractivity contribution is 5.89. The lowest BCUT2D eigenvalue weighted by molar-refractivity contribution is -0.147. The van der Waals surface area contributed by atoms with Gasteiger partial charge in [0.1, 0.15) is 23.1 Å². The third-order valence-corrected chi connectivity index (χ3v) is 5.62. The normalized spacial score (nSPS) is 21.4. The van der Waals surface area contributed by atoms with E-state index in [1.54, 1.807) is 21.1 Å². The van der Waals surface area contributed by atoms with Gasteiger partial charge in [0.2, 0.25) is 0 Å². The topological polar surface area (TPSA) is 94.1 Å². The van der Waals surface area contributed by atoms with Gasteiger partial charge in [0.25, 0.3) is 5.91 Å². The van der Waals surface area contributed by atoms with E-state index in [9.17, 15) is 14.7 Å². The second kappa shape index (κ2) is 9.39. The number of rotatable bonds is 8. The number of benzene rings is 2. The second-order valence-electron chi connectivity index (χ2n) is 8.15. The molecule has 0 radical (unpaired) electrons. The van der Waals surface area contributed by atoms with Gasteiger partial charge in [-0.05, 0) is 42.5 Å². The predicted octanol–water partition coefficient (Wildman–Crippen LogP) is 3.30. The SMILES string of the molecule is COc1cccc(OC)c1-c1ccc(C[C@H](NC(=O)C2(C)CC(C)CO2)C(=O)O)cc1. The lowest BCUT2D eigenvalue weighted by atomic mass is 9.95.